The van der Waals surface area contributed by atoms with Crippen LogP contribution in [0.4, 0.5) is 5.69 Å². The Morgan fingerprint density at radius 3 is 2.45 bits per heavy atom. The van der Waals surface area contributed by atoms with E-state index in [1.54, 1.807) is 13.0 Å². The van der Waals surface area contributed by atoms with Crippen LogP contribution in [-0.2, 0) is 17.1 Å². The van der Waals surface area contributed by atoms with Gasteiger partial charge < -0.3 is 0 Å². The van der Waals surface area contributed by atoms with E-state index in [-0.39, 0.29) is 11.5 Å². The third-order valence-electron chi connectivity index (χ3n) is 2.62. The molecule has 10 heteroatoms. The summed E-state index contributed by atoms with van der Waals surface area (Å²) in [5.41, 5.74) is 0.927. The lowest BCUT2D eigenvalue weighted by atomic mass is 10.1. The van der Waals surface area contributed by atoms with Gasteiger partial charge in [-0.25, -0.2) is 13.6 Å². The number of non-ortho nitro benzene ring substituents is 1. The molecule has 0 unspecified atom stereocenters. The molecule has 0 atom stereocenters. The SMILES string of the molecule is Cc1cc(-c2nnc(S(N)(=O)=O)n2C)cc([N+](=O)[O-])c1. The molecule has 0 aliphatic heterocycles. The zero-order valence-corrected chi connectivity index (χ0v) is 11.5. The van der Waals surface area contributed by atoms with Gasteiger partial charge in [0, 0.05) is 24.7 Å². The Balaban J connectivity index is 2.64. The molecule has 2 aromatic rings. The highest BCUT2D eigenvalue weighted by Crippen LogP contribution is 2.25. The topological polar surface area (TPSA) is 134 Å². The van der Waals surface area contributed by atoms with Crippen LogP contribution in [0.5, 0.6) is 0 Å². The molecule has 20 heavy (non-hydrogen) atoms. The highest BCUT2D eigenvalue weighted by atomic mass is 32.2. The van der Waals surface area contributed by atoms with Crippen LogP contribution in [0.15, 0.2) is 23.4 Å². The lowest BCUT2D eigenvalue weighted by Crippen LogP contribution is -2.17. The van der Waals surface area contributed by atoms with Crippen molar-refractivity contribution in [2.75, 3.05) is 0 Å². The summed E-state index contributed by atoms with van der Waals surface area (Å²) in [6, 6.07) is 4.34. The molecule has 0 amide bonds. The van der Waals surface area contributed by atoms with Gasteiger partial charge in [0.25, 0.3) is 20.9 Å². The number of primary sulfonamides is 1. The average molecular weight is 297 g/mol. The summed E-state index contributed by atoms with van der Waals surface area (Å²) in [4.78, 5) is 10.3. The van der Waals surface area contributed by atoms with Crippen LogP contribution >= 0.6 is 0 Å². The molecular weight excluding hydrogens is 286 g/mol. The molecule has 0 aliphatic rings. The van der Waals surface area contributed by atoms with Crippen LogP contribution in [-0.4, -0.2) is 28.1 Å². The highest BCUT2D eigenvalue weighted by Gasteiger charge is 2.20. The molecule has 0 saturated carbocycles. The number of nitrogens with zero attached hydrogens (tertiary/aromatic N) is 4. The van der Waals surface area contributed by atoms with Crippen molar-refractivity contribution in [3.05, 3.63) is 33.9 Å². The first-order valence-corrected chi connectivity index (χ1v) is 6.93. The molecule has 9 nitrogen and oxygen atoms in total. The summed E-state index contributed by atoms with van der Waals surface area (Å²) in [6.07, 6.45) is 0. The smallest absolute Gasteiger partial charge is 0.273 e. The Morgan fingerprint density at radius 2 is 1.95 bits per heavy atom. The van der Waals surface area contributed by atoms with Crippen LogP contribution in [0.2, 0.25) is 0 Å². The van der Waals surface area contributed by atoms with Crippen molar-refractivity contribution in [3.8, 4) is 11.4 Å². The molecule has 2 N–H and O–H groups in total. The molecule has 0 aliphatic carbocycles. The number of nitrogens with two attached hydrogens (primary N) is 1. The van der Waals surface area contributed by atoms with Gasteiger partial charge in [-0.3, -0.25) is 14.7 Å². The minimum Gasteiger partial charge on any atom is -0.300 e. The van der Waals surface area contributed by atoms with Crippen LogP contribution in [0, 0.1) is 17.0 Å². The fraction of sp³-hybridized carbons (Fsp3) is 0.200. The Morgan fingerprint density at radius 1 is 1.30 bits per heavy atom. The summed E-state index contributed by atoms with van der Waals surface area (Å²) < 4.78 is 23.7. The Labute approximate surface area is 114 Å². The first-order chi connectivity index (χ1) is 9.20. The number of hydrogen-bond donors (Lipinski definition) is 1. The van der Waals surface area contributed by atoms with Crippen molar-refractivity contribution in [1.82, 2.24) is 14.8 Å². The predicted octanol–water partition coefficient (Wildman–Crippen LogP) is 0.346. The Hall–Kier alpha value is -2.33. The molecule has 1 aromatic heterocycles. The number of nitro groups is 1. The van der Waals surface area contributed by atoms with E-state index >= 15 is 0 Å². The fourth-order valence-corrected chi connectivity index (χ4v) is 2.43. The Bertz CT molecular complexity index is 796. The third kappa shape index (κ3) is 2.51. The quantitative estimate of drug-likeness (QED) is 0.641. The van der Waals surface area contributed by atoms with Crippen LogP contribution in [0.1, 0.15) is 5.56 Å². The lowest BCUT2D eigenvalue weighted by Gasteiger charge is -2.04. The molecule has 1 aromatic carbocycles. The number of sulfonamides is 1. The van der Waals surface area contributed by atoms with Crippen molar-refractivity contribution < 1.29 is 13.3 Å². The van der Waals surface area contributed by atoms with Gasteiger partial charge in [-0.05, 0) is 18.6 Å². The van der Waals surface area contributed by atoms with Gasteiger partial charge in [0.15, 0.2) is 5.82 Å². The molecule has 2 rings (SSSR count). The number of aromatic nitrogens is 3. The van der Waals surface area contributed by atoms with Crippen LogP contribution in [0.3, 0.4) is 0 Å². The molecule has 106 valence electrons. The standard InChI is InChI=1S/C10H11N5O4S/c1-6-3-7(5-8(4-6)15(16)17)9-12-13-10(14(9)2)20(11,18)19/h3-5H,1-2H3,(H2,11,18,19). The molecular formula is C10H11N5O4S. The number of hydrogen-bond acceptors (Lipinski definition) is 6. The number of nitro benzene ring substituents is 1. The van der Waals surface area contributed by atoms with E-state index in [9.17, 15) is 18.5 Å². The van der Waals surface area contributed by atoms with Crippen molar-refractivity contribution in [1.29, 1.82) is 0 Å². The third-order valence-corrected chi connectivity index (χ3v) is 3.48. The van der Waals surface area contributed by atoms with Gasteiger partial charge in [-0.1, -0.05) is 0 Å². The normalized spacial score (nSPS) is 11.6. The van der Waals surface area contributed by atoms with E-state index in [0.717, 1.165) is 0 Å². The molecule has 0 fully saturated rings. The fourth-order valence-electron chi connectivity index (χ4n) is 1.81. The number of rotatable bonds is 3. The van der Waals surface area contributed by atoms with E-state index in [2.05, 4.69) is 10.2 Å². The van der Waals surface area contributed by atoms with Crippen molar-refractivity contribution >= 4 is 15.7 Å². The van der Waals surface area contributed by atoms with Gasteiger partial charge in [-0.2, -0.15) is 0 Å². The lowest BCUT2D eigenvalue weighted by molar-refractivity contribution is -0.384. The molecule has 0 bridgehead atoms. The van der Waals surface area contributed by atoms with Crippen LogP contribution < -0.4 is 5.14 Å². The second-order valence-corrected chi connectivity index (χ2v) is 5.68. The maximum absolute atomic E-state index is 11.3. The molecule has 0 spiro atoms. The zero-order chi connectivity index (χ0) is 15.1. The van der Waals surface area contributed by atoms with E-state index in [0.29, 0.717) is 11.1 Å². The first kappa shape index (κ1) is 14.1. The minimum absolute atomic E-state index is 0.111. The zero-order valence-electron chi connectivity index (χ0n) is 10.6. The number of aryl methyl sites for hydroxylation is 1. The Kier molecular flexibility index (Phi) is 3.28. The highest BCUT2D eigenvalue weighted by molar-refractivity contribution is 7.89. The second kappa shape index (κ2) is 4.65. The first-order valence-electron chi connectivity index (χ1n) is 5.39. The summed E-state index contributed by atoms with van der Waals surface area (Å²) in [5, 5.41) is 22.6. The maximum atomic E-state index is 11.3. The summed E-state index contributed by atoms with van der Waals surface area (Å²) in [6.45, 7) is 1.69. The van der Waals surface area contributed by atoms with Crippen LogP contribution in [0.25, 0.3) is 11.4 Å². The summed E-state index contributed by atoms with van der Waals surface area (Å²) in [7, 11) is -2.58. The summed E-state index contributed by atoms with van der Waals surface area (Å²) in [5.74, 6) is 0.181. The monoisotopic (exact) mass is 297 g/mol. The largest absolute Gasteiger partial charge is 0.300 e. The van der Waals surface area contributed by atoms with Gasteiger partial charge in [-0.15, -0.1) is 10.2 Å². The summed E-state index contributed by atoms with van der Waals surface area (Å²) >= 11 is 0. The van der Waals surface area contributed by atoms with Crippen molar-refractivity contribution in [2.45, 2.75) is 12.1 Å². The molecule has 1 heterocycles. The van der Waals surface area contributed by atoms with E-state index in [1.807, 2.05) is 0 Å². The average Bonchev–Trinajstić information content (AvgIpc) is 2.69. The maximum Gasteiger partial charge on any atom is 0.273 e. The van der Waals surface area contributed by atoms with Crippen molar-refractivity contribution in [2.24, 2.45) is 12.2 Å². The second-order valence-electron chi connectivity index (χ2n) is 4.22. The predicted molar refractivity (Wildman–Crippen MR) is 69.2 cm³/mol. The number of benzene rings is 1. The molecule has 0 saturated heterocycles. The van der Waals surface area contributed by atoms with Gasteiger partial charge in [0.1, 0.15) is 0 Å². The van der Waals surface area contributed by atoms with Gasteiger partial charge in [0.2, 0.25) is 0 Å². The van der Waals surface area contributed by atoms with E-state index < -0.39 is 20.1 Å². The van der Waals surface area contributed by atoms with Crippen molar-refractivity contribution in [3.63, 3.8) is 0 Å². The van der Waals surface area contributed by atoms with Gasteiger partial charge in [0.05, 0.1) is 4.92 Å². The minimum atomic E-state index is -4.00. The molecule has 0 radical (unpaired) electrons. The van der Waals surface area contributed by atoms with E-state index in [4.69, 9.17) is 5.14 Å². The van der Waals surface area contributed by atoms with Gasteiger partial charge >= 0.3 is 0 Å². The van der Waals surface area contributed by atoms with E-state index in [1.165, 1.54) is 23.7 Å².